The van der Waals surface area contributed by atoms with Crippen molar-refractivity contribution in [2.24, 2.45) is 4.99 Å². The average Bonchev–Trinajstić information content (AvgIpc) is 3.06. The standard InChI is InChI=1S/C17H21F2N3OS/c1-12-5-6-15(23-16(18)19)13(10-12)11-22-17(20-2)21-8-7-14-4-3-9-24-14/h3-6,9-10,16H,7-8,11H2,1-2H3,(H2,20,21,22). The van der Waals surface area contributed by atoms with Gasteiger partial charge in [0.1, 0.15) is 5.75 Å². The average molecular weight is 353 g/mol. The predicted molar refractivity (Wildman–Crippen MR) is 94.0 cm³/mol. The maximum Gasteiger partial charge on any atom is 0.387 e. The van der Waals surface area contributed by atoms with Crippen LogP contribution in [-0.2, 0) is 13.0 Å². The highest BCUT2D eigenvalue weighted by molar-refractivity contribution is 7.09. The molecule has 2 aromatic rings. The van der Waals surface area contributed by atoms with Crippen molar-refractivity contribution in [1.82, 2.24) is 10.6 Å². The van der Waals surface area contributed by atoms with Gasteiger partial charge in [-0.3, -0.25) is 4.99 Å². The van der Waals surface area contributed by atoms with E-state index in [1.807, 2.05) is 24.4 Å². The van der Waals surface area contributed by atoms with Crippen LogP contribution < -0.4 is 15.4 Å². The number of guanidine groups is 1. The lowest BCUT2D eigenvalue weighted by atomic mass is 10.1. The van der Waals surface area contributed by atoms with Crippen molar-refractivity contribution >= 4 is 17.3 Å². The summed E-state index contributed by atoms with van der Waals surface area (Å²) in [6.45, 7) is 0.162. The summed E-state index contributed by atoms with van der Waals surface area (Å²) in [5, 5.41) is 8.38. The Morgan fingerprint density at radius 1 is 1.29 bits per heavy atom. The number of halogens is 2. The number of rotatable bonds is 7. The Kier molecular flexibility index (Phi) is 6.99. The molecule has 0 spiro atoms. The molecular formula is C17H21F2N3OS. The molecule has 0 radical (unpaired) electrons. The molecule has 0 saturated carbocycles. The number of nitrogens with zero attached hydrogens (tertiary/aromatic N) is 1. The molecular weight excluding hydrogens is 332 g/mol. The zero-order valence-electron chi connectivity index (χ0n) is 13.7. The summed E-state index contributed by atoms with van der Waals surface area (Å²) in [6.07, 6.45) is 0.905. The van der Waals surface area contributed by atoms with Crippen LogP contribution in [0.1, 0.15) is 16.0 Å². The van der Waals surface area contributed by atoms with Gasteiger partial charge in [-0.1, -0.05) is 23.8 Å². The van der Waals surface area contributed by atoms with Crippen LogP contribution in [0.15, 0.2) is 40.7 Å². The largest absolute Gasteiger partial charge is 0.434 e. The Labute approximate surface area is 144 Å². The van der Waals surface area contributed by atoms with Gasteiger partial charge in [0.05, 0.1) is 0 Å². The SMILES string of the molecule is CN=C(NCCc1cccs1)NCc1cc(C)ccc1OC(F)F. The summed E-state index contributed by atoms with van der Waals surface area (Å²) >= 11 is 1.71. The monoisotopic (exact) mass is 353 g/mol. The van der Waals surface area contributed by atoms with Gasteiger partial charge in [0, 0.05) is 30.6 Å². The lowest BCUT2D eigenvalue weighted by Crippen LogP contribution is -2.37. The fourth-order valence-corrected chi connectivity index (χ4v) is 2.92. The zero-order valence-corrected chi connectivity index (χ0v) is 14.5. The molecule has 0 unspecified atom stereocenters. The van der Waals surface area contributed by atoms with E-state index in [-0.39, 0.29) is 5.75 Å². The highest BCUT2D eigenvalue weighted by atomic mass is 32.1. The molecule has 4 nitrogen and oxygen atoms in total. The van der Waals surface area contributed by atoms with Gasteiger partial charge in [-0.25, -0.2) is 0 Å². The number of nitrogens with one attached hydrogen (secondary N) is 2. The van der Waals surface area contributed by atoms with Crippen LogP contribution >= 0.6 is 11.3 Å². The lowest BCUT2D eigenvalue weighted by molar-refractivity contribution is -0.0504. The second-order valence-corrected chi connectivity index (χ2v) is 6.20. The molecule has 0 aliphatic carbocycles. The highest BCUT2D eigenvalue weighted by Crippen LogP contribution is 2.21. The number of aliphatic imine (C=N–C) groups is 1. The molecule has 0 bridgehead atoms. The van der Waals surface area contributed by atoms with E-state index in [2.05, 4.69) is 26.4 Å². The lowest BCUT2D eigenvalue weighted by Gasteiger charge is -2.15. The summed E-state index contributed by atoms with van der Waals surface area (Å²) in [7, 11) is 1.67. The number of hydrogen-bond acceptors (Lipinski definition) is 3. The fourth-order valence-electron chi connectivity index (χ4n) is 2.22. The fraction of sp³-hybridized carbons (Fsp3) is 0.353. The quantitative estimate of drug-likeness (QED) is 0.591. The number of hydrogen-bond donors (Lipinski definition) is 2. The molecule has 1 aromatic heterocycles. The van der Waals surface area contributed by atoms with Crippen LogP contribution in [0, 0.1) is 6.92 Å². The minimum absolute atomic E-state index is 0.178. The molecule has 0 atom stereocenters. The van der Waals surface area contributed by atoms with Crippen LogP contribution in [0.3, 0.4) is 0 Å². The molecule has 2 rings (SSSR count). The smallest absolute Gasteiger partial charge is 0.387 e. The van der Waals surface area contributed by atoms with E-state index in [0.29, 0.717) is 18.1 Å². The molecule has 0 amide bonds. The maximum atomic E-state index is 12.5. The minimum Gasteiger partial charge on any atom is -0.434 e. The van der Waals surface area contributed by atoms with Crippen LogP contribution in [0.25, 0.3) is 0 Å². The van der Waals surface area contributed by atoms with Crippen molar-refractivity contribution in [1.29, 1.82) is 0 Å². The summed E-state index contributed by atoms with van der Waals surface area (Å²) in [5.41, 5.74) is 1.64. The van der Waals surface area contributed by atoms with Crippen LogP contribution in [0.4, 0.5) is 8.78 Å². The van der Waals surface area contributed by atoms with E-state index in [0.717, 1.165) is 18.5 Å². The second kappa shape index (κ2) is 9.22. The Bertz CT molecular complexity index is 660. The first kappa shape index (κ1) is 18.2. The third-order valence-electron chi connectivity index (χ3n) is 3.35. The molecule has 24 heavy (non-hydrogen) atoms. The van der Waals surface area contributed by atoms with Crippen molar-refractivity contribution in [2.45, 2.75) is 26.5 Å². The summed E-state index contributed by atoms with van der Waals surface area (Å²) < 4.78 is 29.5. The van der Waals surface area contributed by atoms with Crippen molar-refractivity contribution in [3.63, 3.8) is 0 Å². The van der Waals surface area contributed by atoms with Gasteiger partial charge in [-0.05, 0) is 30.9 Å². The van der Waals surface area contributed by atoms with Crippen molar-refractivity contribution in [3.8, 4) is 5.75 Å². The number of aryl methyl sites for hydroxylation is 1. The molecule has 1 aromatic carbocycles. The van der Waals surface area contributed by atoms with E-state index >= 15 is 0 Å². The van der Waals surface area contributed by atoms with Gasteiger partial charge in [0.15, 0.2) is 5.96 Å². The zero-order chi connectivity index (χ0) is 17.4. The Hall–Kier alpha value is -2.15. The van der Waals surface area contributed by atoms with Gasteiger partial charge in [0.25, 0.3) is 0 Å². The molecule has 0 aliphatic rings. The first-order chi connectivity index (χ1) is 11.6. The van der Waals surface area contributed by atoms with Crippen LogP contribution in [0.5, 0.6) is 5.75 Å². The Morgan fingerprint density at radius 3 is 2.79 bits per heavy atom. The van der Waals surface area contributed by atoms with Crippen LogP contribution in [0.2, 0.25) is 0 Å². The predicted octanol–water partition coefficient (Wildman–Crippen LogP) is 3.57. The van der Waals surface area contributed by atoms with E-state index in [9.17, 15) is 8.78 Å². The molecule has 7 heteroatoms. The topological polar surface area (TPSA) is 45.7 Å². The second-order valence-electron chi connectivity index (χ2n) is 5.17. The van der Waals surface area contributed by atoms with E-state index < -0.39 is 6.61 Å². The molecule has 0 aliphatic heterocycles. The van der Waals surface area contributed by atoms with Gasteiger partial charge in [0.2, 0.25) is 0 Å². The Morgan fingerprint density at radius 2 is 2.12 bits per heavy atom. The van der Waals surface area contributed by atoms with Gasteiger partial charge in [-0.15, -0.1) is 11.3 Å². The number of alkyl halides is 2. The number of benzene rings is 1. The molecule has 1 heterocycles. The minimum atomic E-state index is -2.84. The van der Waals surface area contributed by atoms with E-state index in [1.165, 1.54) is 4.88 Å². The Balaban J connectivity index is 1.89. The maximum absolute atomic E-state index is 12.5. The molecule has 0 saturated heterocycles. The van der Waals surface area contributed by atoms with Gasteiger partial charge >= 0.3 is 6.61 Å². The van der Waals surface area contributed by atoms with E-state index in [4.69, 9.17) is 0 Å². The van der Waals surface area contributed by atoms with Crippen molar-refractivity contribution < 1.29 is 13.5 Å². The first-order valence-electron chi connectivity index (χ1n) is 7.59. The summed E-state index contributed by atoms with van der Waals surface area (Å²) in [4.78, 5) is 5.44. The van der Waals surface area contributed by atoms with Gasteiger partial charge < -0.3 is 15.4 Å². The summed E-state index contributed by atoms with van der Waals surface area (Å²) in [6, 6.07) is 9.24. The third-order valence-corrected chi connectivity index (χ3v) is 4.28. The summed E-state index contributed by atoms with van der Waals surface area (Å²) in [5.74, 6) is 0.799. The molecule has 2 N–H and O–H groups in total. The van der Waals surface area contributed by atoms with Crippen LogP contribution in [-0.4, -0.2) is 26.2 Å². The number of thiophene rings is 1. The third kappa shape index (κ3) is 5.81. The van der Waals surface area contributed by atoms with Gasteiger partial charge in [-0.2, -0.15) is 8.78 Å². The first-order valence-corrected chi connectivity index (χ1v) is 8.47. The molecule has 130 valence electrons. The molecule has 0 fully saturated rings. The van der Waals surface area contributed by atoms with E-state index in [1.54, 1.807) is 30.5 Å². The normalized spacial score (nSPS) is 11.6. The van der Waals surface area contributed by atoms with Crippen molar-refractivity contribution in [2.75, 3.05) is 13.6 Å². The number of ether oxygens (including phenoxy) is 1. The van der Waals surface area contributed by atoms with Crippen molar-refractivity contribution in [3.05, 3.63) is 51.7 Å². The highest BCUT2D eigenvalue weighted by Gasteiger charge is 2.10.